The number of nitrogens with zero attached hydrogens (tertiary/aromatic N) is 1. The maximum atomic E-state index is 12.0. The Morgan fingerprint density at radius 2 is 2.23 bits per heavy atom. The minimum atomic E-state index is -0.177. The Hall–Kier alpha value is -1.59. The normalized spacial score (nSPS) is 18.4. The zero-order valence-electron chi connectivity index (χ0n) is 12.8. The second-order valence-electron chi connectivity index (χ2n) is 5.51. The van der Waals surface area contributed by atoms with Gasteiger partial charge in [0, 0.05) is 24.0 Å². The highest BCUT2D eigenvalue weighted by molar-refractivity contribution is 6.31. The molecule has 0 saturated carbocycles. The molecule has 120 valence electrons. The van der Waals surface area contributed by atoms with Gasteiger partial charge in [0.25, 0.3) is 0 Å². The topological polar surface area (TPSA) is 61.4 Å². The van der Waals surface area contributed by atoms with Crippen LogP contribution in [0.1, 0.15) is 31.7 Å². The molecule has 22 heavy (non-hydrogen) atoms. The Morgan fingerprint density at radius 3 is 2.91 bits per heavy atom. The highest BCUT2D eigenvalue weighted by Gasteiger charge is 2.25. The zero-order valence-corrected chi connectivity index (χ0v) is 13.5. The summed E-state index contributed by atoms with van der Waals surface area (Å²) in [6, 6.07) is 7.61. The lowest BCUT2D eigenvalue weighted by atomic mass is 10.1. The largest absolute Gasteiger partial charge is 0.350 e. The van der Waals surface area contributed by atoms with Crippen LogP contribution in [0.25, 0.3) is 0 Å². The number of hydrogen-bond acceptors (Lipinski definition) is 3. The summed E-state index contributed by atoms with van der Waals surface area (Å²) in [5, 5.41) is 6.72. The van der Waals surface area contributed by atoms with E-state index in [1.165, 1.54) is 0 Å². The first-order valence-electron chi connectivity index (χ1n) is 7.61. The second kappa shape index (κ2) is 8.15. The predicted octanol–water partition coefficient (Wildman–Crippen LogP) is 1.90. The van der Waals surface area contributed by atoms with Gasteiger partial charge in [0.05, 0.1) is 6.67 Å². The van der Waals surface area contributed by atoms with E-state index in [4.69, 9.17) is 11.6 Å². The van der Waals surface area contributed by atoms with E-state index in [2.05, 4.69) is 17.6 Å². The molecule has 2 N–H and O–H groups in total. The molecule has 1 saturated heterocycles. The molecule has 1 unspecified atom stereocenters. The van der Waals surface area contributed by atoms with Gasteiger partial charge in [-0.2, -0.15) is 0 Å². The fourth-order valence-electron chi connectivity index (χ4n) is 2.50. The molecule has 1 aromatic rings. The average molecular weight is 324 g/mol. The van der Waals surface area contributed by atoms with Crippen molar-refractivity contribution in [1.82, 2.24) is 15.5 Å². The zero-order chi connectivity index (χ0) is 15.9. The number of halogens is 1. The smallest absolute Gasteiger partial charge is 0.239 e. The van der Waals surface area contributed by atoms with Crippen LogP contribution >= 0.6 is 11.6 Å². The minimum Gasteiger partial charge on any atom is -0.350 e. The number of carbonyl (C=O) groups is 2. The molecule has 6 heteroatoms. The summed E-state index contributed by atoms with van der Waals surface area (Å²) in [6.45, 7) is 2.98. The number of hydrogen-bond donors (Lipinski definition) is 2. The van der Waals surface area contributed by atoms with Gasteiger partial charge in [-0.25, -0.2) is 0 Å². The molecule has 1 aliphatic heterocycles. The van der Waals surface area contributed by atoms with Crippen LogP contribution in [0.5, 0.6) is 0 Å². The van der Waals surface area contributed by atoms with Crippen LogP contribution in [-0.4, -0.2) is 36.0 Å². The van der Waals surface area contributed by atoms with E-state index in [0.717, 1.165) is 18.4 Å². The van der Waals surface area contributed by atoms with Gasteiger partial charge in [-0.3, -0.25) is 14.9 Å². The molecule has 1 aliphatic rings. The van der Waals surface area contributed by atoms with E-state index in [9.17, 15) is 9.59 Å². The Bertz CT molecular complexity index is 536. The summed E-state index contributed by atoms with van der Waals surface area (Å²) >= 11 is 6.04. The first-order valence-corrected chi connectivity index (χ1v) is 7.99. The van der Waals surface area contributed by atoms with Crippen LogP contribution in [0, 0.1) is 0 Å². The lowest BCUT2D eigenvalue weighted by molar-refractivity contribution is -0.139. The van der Waals surface area contributed by atoms with E-state index in [-0.39, 0.29) is 24.4 Å². The van der Waals surface area contributed by atoms with Crippen molar-refractivity contribution in [2.75, 3.05) is 13.2 Å². The third-order valence-corrected chi connectivity index (χ3v) is 4.12. The summed E-state index contributed by atoms with van der Waals surface area (Å²) in [5.74, 6) is -0.144. The Morgan fingerprint density at radius 1 is 1.45 bits per heavy atom. The molecule has 2 rings (SSSR count). The van der Waals surface area contributed by atoms with Crippen molar-refractivity contribution >= 4 is 23.4 Å². The lowest BCUT2D eigenvalue weighted by Gasteiger charge is -2.32. The molecule has 1 aromatic carbocycles. The van der Waals surface area contributed by atoms with Gasteiger partial charge in [0.1, 0.15) is 6.54 Å². The second-order valence-corrected chi connectivity index (χ2v) is 5.92. The molecule has 0 bridgehead atoms. The van der Waals surface area contributed by atoms with Crippen molar-refractivity contribution < 1.29 is 9.59 Å². The summed E-state index contributed by atoms with van der Waals surface area (Å²) in [6.07, 6.45) is 2.49. The molecule has 1 fully saturated rings. The molecule has 5 nitrogen and oxygen atoms in total. The van der Waals surface area contributed by atoms with Crippen LogP contribution in [0.3, 0.4) is 0 Å². The Balaban J connectivity index is 1.78. The standard InChI is InChI=1S/C16H22ClN3O2/c1-2-5-13-8-16(22)20(11-19-13)10-15(21)18-9-12-6-3-4-7-14(12)17/h3-4,6-7,13,19H,2,5,8-11H2,1H3,(H,18,21). The number of nitrogens with one attached hydrogen (secondary N) is 2. The van der Waals surface area contributed by atoms with Gasteiger partial charge < -0.3 is 10.2 Å². The summed E-state index contributed by atoms with van der Waals surface area (Å²) in [4.78, 5) is 25.6. The summed E-state index contributed by atoms with van der Waals surface area (Å²) < 4.78 is 0. The van der Waals surface area contributed by atoms with Crippen LogP contribution < -0.4 is 10.6 Å². The van der Waals surface area contributed by atoms with Crippen LogP contribution in [0.15, 0.2) is 24.3 Å². The van der Waals surface area contributed by atoms with E-state index in [0.29, 0.717) is 24.7 Å². The highest BCUT2D eigenvalue weighted by Crippen LogP contribution is 2.14. The van der Waals surface area contributed by atoms with Crippen molar-refractivity contribution in [1.29, 1.82) is 0 Å². The van der Waals surface area contributed by atoms with Gasteiger partial charge in [-0.1, -0.05) is 43.1 Å². The third kappa shape index (κ3) is 4.71. The van der Waals surface area contributed by atoms with Crippen LogP contribution in [-0.2, 0) is 16.1 Å². The van der Waals surface area contributed by atoms with Crippen LogP contribution in [0.2, 0.25) is 5.02 Å². The highest BCUT2D eigenvalue weighted by atomic mass is 35.5. The molecule has 0 aromatic heterocycles. The maximum Gasteiger partial charge on any atom is 0.239 e. The van der Waals surface area contributed by atoms with Crippen LogP contribution in [0.4, 0.5) is 0 Å². The maximum absolute atomic E-state index is 12.0. The molecule has 0 aliphatic carbocycles. The number of rotatable bonds is 6. The van der Waals surface area contributed by atoms with Crippen molar-refractivity contribution in [3.05, 3.63) is 34.9 Å². The van der Waals surface area contributed by atoms with E-state index >= 15 is 0 Å². The summed E-state index contributed by atoms with van der Waals surface area (Å²) in [7, 11) is 0. The first kappa shape index (κ1) is 16.8. The fourth-order valence-corrected chi connectivity index (χ4v) is 2.70. The van der Waals surface area contributed by atoms with Gasteiger partial charge in [-0.05, 0) is 18.1 Å². The molecule has 1 heterocycles. The van der Waals surface area contributed by atoms with E-state index in [1.807, 2.05) is 18.2 Å². The van der Waals surface area contributed by atoms with Crippen molar-refractivity contribution in [2.24, 2.45) is 0 Å². The van der Waals surface area contributed by atoms with Gasteiger partial charge in [0.15, 0.2) is 0 Å². The van der Waals surface area contributed by atoms with Crippen molar-refractivity contribution in [2.45, 2.75) is 38.8 Å². The fraction of sp³-hybridized carbons (Fsp3) is 0.500. The third-order valence-electron chi connectivity index (χ3n) is 3.75. The van der Waals surface area contributed by atoms with Gasteiger partial charge >= 0.3 is 0 Å². The average Bonchev–Trinajstić information content (AvgIpc) is 2.49. The predicted molar refractivity (Wildman–Crippen MR) is 86.3 cm³/mol. The van der Waals surface area contributed by atoms with Gasteiger partial charge in [0.2, 0.25) is 11.8 Å². The Labute approximate surface area is 136 Å². The molecule has 0 radical (unpaired) electrons. The number of benzene rings is 1. The Kier molecular flexibility index (Phi) is 6.21. The molecular weight excluding hydrogens is 302 g/mol. The summed E-state index contributed by atoms with van der Waals surface area (Å²) in [5.41, 5.74) is 0.864. The number of carbonyl (C=O) groups excluding carboxylic acids is 2. The van der Waals surface area contributed by atoms with E-state index < -0.39 is 0 Å². The molecular formula is C16H22ClN3O2. The molecule has 2 amide bonds. The first-order chi connectivity index (χ1) is 10.6. The monoisotopic (exact) mass is 323 g/mol. The van der Waals surface area contributed by atoms with Gasteiger partial charge in [-0.15, -0.1) is 0 Å². The lowest BCUT2D eigenvalue weighted by Crippen LogP contribution is -2.53. The minimum absolute atomic E-state index is 0.0325. The molecule has 1 atom stereocenters. The molecule has 0 spiro atoms. The SMILES string of the molecule is CCCC1CC(=O)N(CC(=O)NCc2ccccc2Cl)CN1. The quantitative estimate of drug-likeness (QED) is 0.840. The van der Waals surface area contributed by atoms with Crippen molar-refractivity contribution in [3.63, 3.8) is 0 Å². The van der Waals surface area contributed by atoms with E-state index in [1.54, 1.807) is 11.0 Å². The number of amides is 2. The van der Waals surface area contributed by atoms with Crippen molar-refractivity contribution in [3.8, 4) is 0 Å².